The molecule has 0 radical (unpaired) electrons. The highest BCUT2D eigenvalue weighted by Gasteiger charge is 2.12. The number of benzene rings is 2. The fourth-order valence-corrected chi connectivity index (χ4v) is 2.74. The van der Waals surface area contributed by atoms with E-state index in [1.807, 2.05) is 19.9 Å². The first kappa shape index (κ1) is 19.8. The molecule has 26 heavy (non-hydrogen) atoms. The van der Waals surface area contributed by atoms with Crippen molar-refractivity contribution in [3.8, 4) is 17.2 Å². The second kappa shape index (κ2) is 9.82. The van der Waals surface area contributed by atoms with E-state index in [1.165, 1.54) is 18.3 Å². The summed E-state index contributed by atoms with van der Waals surface area (Å²) in [5, 5.41) is 13.6. The van der Waals surface area contributed by atoms with Crippen molar-refractivity contribution in [3.05, 3.63) is 52.0 Å². The lowest BCUT2D eigenvalue weighted by Crippen LogP contribution is -2.17. The molecule has 2 aromatic rings. The molecule has 0 aliphatic rings. The Kier molecular flexibility index (Phi) is 7.47. The number of ether oxygens (including phenoxy) is 2. The predicted molar refractivity (Wildman–Crippen MR) is 104 cm³/mol. The average Bonchev–Trinajstić information content (AvgIpc) is 2.61. The van der Waals surface area contributed by atoms with Gasteiger partial charge in [-0.25, -0.2) is 5.43 Å². The van der Waals surface area contributed by atoms with Gasteiger partial charge in [-0.1, -0.05) is 19.1 Å². The number of para-hydroxylation sites is 1. The first-order valence-electron chi connectivity index (χ1n) is 8.27. The van der Waals surface area contributed by atoms with Gasteiger partial charge >= 0.3 is 0 Å². The third-order valence-electron chi connectivity index (χ3n) is 3.31. The number of hydrogen-bond donors (Lipinski definition) is 2. The molecule has 0 saturated heterocycles. The van der Waals surface area contributed by atoms with Crippen LogP contribution in [0.3, 0.4) is 0 Å². The number of amides is 1. The van der Waals surface area contributed by atoms with E-state index in [9.17, 15) is 9.90 Å². The number of carbonyl (C=O) groups is 1. The zero-order chi connectivity index (χ0) is 18.9. The summed E-state index contributed by atoms with van der Waals surface area (Å²) >= 11 is 3.48. The van der Waals surface area contributed by atoms with Crippen LogP contribution in [-0.4, -0.2) is 30.4 Å². The lowest BCUT2D eigenvalue weighted by atomic mass is 10.2. The van der Waals surface area contributed by atoms with Crippen LogP contribution in [0.15, 0.2) is 46.0 Å². The number of nitrogens with zero attached hydrogens (tertiary/aromatic N) is 1. The van der Waals surface area contributed by atoms with Crippen LogP contribution >= 0.6 is 15.9 Å². The minimum atomic E-state index is -0.494. The molecule has 0 aliphatic heterocycles. The topological polar surface area (TPSA) is 80.2 Å². The van der Waals surface area contributed by atoms with Crippen LogP contribution in [0.2, 0.25) is 0 Å². The van der Waals surface area contributed by atoms with Crippen molar-refractivity contribution in [1.29, 1.82) is 0 Å². The molecule has 2 rings (SSSR count). The van der Waals surface area contributed by atoms with Crippen LogP contribution in [0, 0.1) is 0 Å². The summed E-state index contributed by atoms with van der Waals surface area (Å²) in [5.41, 5.74) is 3.27. The standard InChI is InChI=1S/C19H21BrN2O4/c1-3-9-26-18-15(20)10-13(11-17(18)25-4-2)12-21-22-19(24)14-7-5-6-8-16(14)23/h5-8,10-12,23H,3-4,9H2,1-2H3,(H,22,24)/b21-12-. The van der Waals surface area contributed by atoms with Gasteiger partial charge in [0, 0.05) is 0 Å². The van der Waals surface area contributed by atoms with Gasteiger partial charge in [-0.05, 0) is 59.1 Å². The zero-order valence-corrected chi connectivity index (χ0v) is 16.2. The summed E-state index contributed by atoms with van der Waals surface area (Å²) in [6, 6.07) is 9.88. The van der Waals surface area contributed by atoms with Crippen molar-refractivity contribution in [2.75, 3.05) is 13.2 Å². The molecule has 1 amide bonds. The molecule has 0 atom stereocenters. The third kappa shape index (κ3) is 5.23. The molecule has 0 heterocycles. The summed E-state index contributed by atoms with van der Waals surface area (Å²) in [6.07, 6.45) is 2.38. The second-order valence-electron chi connectivity index (χ2n) is 5.33. The fraction of sp³-hybridized carbons (Fsp3) is 0.263. The van der Waals surface area contributed by atoms with Crippen molar-refractivity contribution in [1.82, 2.24) is 5.43 Å². The Labute approximate surface area is 161 Å². The van der Waals surface area contributed by atoms with E-state index in [4.69, 9.17) is 9.47 Å². The Morgan fingerprint density at radius 3 is 2.73 bits per heavy atom. The molecule has 0 aliphatic carbocycles. The van der Waals surface area contributed by atoms with Gasteiger partial charge < -0.3 is 14.6 Å². The molecule has 138 valence electrons. The highest BCUT2D eigenvalue weighted by molar-refractivity contribution is 9.10. The largest absolute Gasteiger partial charge is 0.507 e. The smallest absolute Gasteiger partial charge is 0.275 e. The Hall–Kier alpha value is -2.54. The van der Waals surface area contributed by atoms with E-state index < -0.39 is 5.91 Å². The Morgan fingerprint density at radius 2 is 2.04 bits per heavy atom. The highest BCUT2D eigenvalue weighted by atomic mass is 79.9. The Bertz CT molecular complexity index is 793. The molecule has 0 fully saturated rings. The number of hydrogen-bond acceptors (Lipinski definition) is 5. The number of phenolic OH excluding ortho intramolecular Hbond substituents is 1. The molecule has 7 heteroatoms. The Morgan fingerprint density at radius 1 is 1.27 bits per heavy atom. The maximum Gasteiger partial charge on any atom is 0.275 e. The number of halogens is 1. The lowest BCUT2D eigenvalue weighted by molar-refractivity contribution is 0.0952. The maximum atomic E-state index is 12.0. The molecule has 0 unspecified atom stereocenters. The summed E-state index contributed by atoms with van der Waals surface area (Å²) in [5.74, 6) is 0.651. The maximum absolute atomic E-state index is 12.0. The van der Waals surface area contributed by atoms with E-state index in [0.29, 0.717) is 24.7 Å². The Balaban J connectivity index is 2.14. The third-order valence-corrected chi connectivity index (χ3v) is 3.90. The van der Waals surface area contributed by atoms with Gasteiger partial charge in [0.05, 0.1) is 29.5 Å². The fourth-order valence-electron chi connectivity index (χ4n) is 2.16. The molecule has 6 nitrogen and oxygen atoms in total. The molecule has 2 aromatic carbocycles. The van der Waals surface area contributed by atoms with Crippen LogP contribution in [0.25, 0.3) is 0 Å². The molecule has 0 spiro atoms. The van der Waals surface area contributed by atoms with Crippen LogP contribution in [0.1, 0.15) is 36.2 Å². The van der Waals surface area contributed by atoms with Gasteiger partial charge in [0.1, 0.15) is 5.75 Å². The summed E-state index contributed by atoms with van der Waals surface area (Å²) in [6.45, 7) is 5.01. The van der Waals surface area contributed by atoms with Crippen molar-refractivity contribution in [2.24, 2.45) is 5.10 Å². The van der Waals surface area contributed by atoms with Gasteiger partial charge in [-0.15, -0.1) is 0 Å². The number of phenols is 1. The van der Waals surface area contributed by atoms with Gasteiger partial charge in [0.2, 0.25) is 0 Å². The summed E-state index contributed by atoms with van der Waals surface area (Å²) < 4.78 is 12.1. The first-order valence-corrected chi connectivity index (χ1v) is 9.06. The zero-order valence-electron chi connectivity index (χ0n) is 14.7. The lowest BCUT2D eigenvalue weighted by Gasteiger charge is -2.14. The van der Waals surface area contributed by atoms with Crippen molar-refractivity contribution < 1.29 is 19.4 Å². The normalized spacial score (nSPS) is 10.7. The van der Waals surface area contributed by atoms with E-state index in [-0.39, 0.29) is 11.3 Å². The van der Waals surface area contributed by atoms with Crippen LogP contribution in [-0.2, 0) is 0 Å². The van der Waals surface area contributed by atoms with Gasteiger partial charge in [-0.3, -0.25) is 4.79 Å². The summed E-state index contributed by atoms with van der Waals surface area (Å²) in [4.78, 5) is 12.0. The number of hydrazone groups is 1. The number of aromatic hydroxyl groups is 1. The van der Waals surface area contributed by atoms with Crippen LogP contribution in [0.4, 0.5) is 0 Å². The molecule has 2 N–H and O–H groups in total. The van der Waals surface area contributed by atoms with E-state index in [2.05, 4.69) is 26.5 Å². The van der Waals surface area contributed by atoms with Crippen molar-refractivity contribution in [2.45, 2.75) is 20.3 Å². The van der Waals surface area contributed by atoms with Gasteiger partial charge in [0.15, 0.2) is 11.5 Å². The molecular formula is C19H21BrN2O4. The van der Waals surface area contributed by atoms with Crippen molar-refractivity contribution >= 4 is 28.1 Å². The SMILES string of the molecule is CCCOc1c(Br)cc(/C=N\NC(=O)c2ccccc2O)cc1OCC. The monoisotopic (exact) mass is 420 g/mol. The number of rotatable bonds is 8. The van der Waals surface area contributed by atoms with E-state index in [0.717, 1.165) is 16.5 Å². The number of carbonyl (C=O) groups excluding carboxylic acids is 1. The minimum Gasteiger partial charge on any atom is -0.507 e. The van der Waals surface area contributed by atoms with Gasteiger partial charge in [-0.2, -0.15) is 5.10 Å². The second-order valence-corrected chi connectivity index (χ2v) is 6.18. The van der Waals surface area contributed by atoms with Crippen LogP contribution < -0.4 is 14.9 Å². The highest BCUT2D eigenvalue weighted by Crippen LogP contribution is 2.36. The van der Waals surface area contributed by atoms with Crippen LogP contribution in [0.5, 0.6) is 17.2 Å². The first-order chi connectivity index (χ1) is 12.6. The van der Waals surface area contributed by atoms with E-state index >= 15 is 0 Å². The molecule has 0 saturated carbocycles. The summed E-state index contributed by atoms with van der Waals surface area (Å²) in [7, 11) is 0. The number of nitrogens with one attached hydrogen (secondary N) is 1. The predicted octanol–water partition coefficient (Wildman–Crippen LogP) is 4.11. The minimum absolute atomic E-state index is 0.0981. The van der Waals surface area contributed by atoms with Crippen molar-refractivity contribution in [3.63, 3.8) is 0 Å². The van der Waals surface area contributed by atoms with Gasteiger partial charge in [0.25, 0.3) is 5.91 Å². The van der Waals surface area contributed by atoms with E-state index in [1.54, 1.807) is 18.2 Å². The molecule has 0 bridgehead atoms. The quantitative estimate of drug-likeness (QED) is 0.497. The molecule has 0 aromatic heterocycles. The average molecular weight is 421 g/mol. The molecular weight excluding hydrogens is 400 g/mol.